The number of rotatable bonds is 6. The van der Waals surface area contributed by atoms with Crippen molar-refractivity contribution in [2.45, 2.75) is 39.7 Å². The number of ether oxygens (including phenoxy) is 1. The zero-order valence-electron chi connectivity index (χ0n) is 14.4. The molecule has 0 heterocycles. The predicted molar refractivity (Wildman–Crippen MR) is 94.0 cm³/mol. The summed E-state index contributed by atoms with van der Waals surface area (Å²) in [5.41, 5.74) is 2.09. The van der Waals surface area contributed by atoms with Gasteiger partial charge < -0.3 is 9.84 Å². The molecule has 0 saturated carbocycles. The van der Waals surface area contributed by atoms with Crippen molar-refractivity contribution in [3.05, 3.63) is 71.3 Å². The predicted octanol–water partition coefficient (Wildman–Crippen LogP) is 4.65. The molecule has 0 aliphatic heterocycles. The Hall–Kier alpha value is -2.62. The number of carboxylic acid groups (broad SMARTS) is 1. The summed E-state index contributed by atoms with van der Waals surface area (Å²) < 4.78 is 5.23. The second-order valence-electron chi connectivity index (χ2n) is 4.98. The monoisotopic (exact) mass is 328 g/mol. The number of carbonyl (C=O) groups is 2. The van der Waals surface area contributed by atoms with Gasteiger partial charge in [0.15, 0.2) is 0 Å². The van der Waals surface area contributed by atoms with Gasteiger partial charge in [0.05, 0.1) is 11.5 Å². The third kappa shape index (κ3) is 5.54. The van der Waals surface area contributed by atoms with Gasteiger partial charge in [-0.2, -0.15) is 0 Å². The van der Waals surface area contributed by atoms with E-state index in [2.05, 4.69) is 0 Å². The van der Waals surface area contributed by atoms with Gasteiger partial charge in [-0.1, -0.05) is 63.2 Å². The quantitative estimate of drug-likeness (QED) is 0.784. The van der Waals surface area contributed by atoms with Gasteiger partial charge in [0.1, 0.15) is 6.61 Å². The molecule has 0 aromatic heterocycles. The van der Waals surface area contributed by atoms with E-state index in [1.807, 2.05) is 26.8 Å². The van der Waals surface area contributed by atoms with E-state index < -0.39 is 11.9 Å². The Morgan fingerprint density at radius 1 is 1.00 bits per heavy atom. The fraction of sp³-hybridized carbons (Fsp3) is 0.300. The highest BCUT2D eigenvalue weighted by molar-refractivity contribution is 5.89. The molecule has 0 spiro atoms. The number of hydrogen-bond acceptors (Lipinski definition) is 3. The van der Waals surface area contributed by atoms with E-state index in [1.165, 1.54) is 0 Å². The molecule has 0 unspecified atom stereocenters. The van der Waals surface area contributed by atoms with Crippen molar-refractivity contribution in [1.29, 1.82) is 0 Å². The molecule has 4 heteroatoms. The Morgan fingerprint density at radius 2 is 1.58 bits per heavy atom. The smallest absolute Gasteiger partial charge is 0.338 e. The molecule has 0 bridgehead atoms. The molecule has 1 atom stereocenters. The first-order valence-corrected chi connectivity index (χ1v) is 8.15. The number of carboxylic acids is 1. The standard InChI is InChI=1S/C18H18O4.C2H6/c1-2-16(17(19)20)14-10-8-13(9-11-14)12-22-18(21)15-6-4-3-5-7-15;1-2/h3-11,16H,2,12H2,1H3,(H,19,20);1-2H3/t16-;/m0./s1. The fourth-order valence-corrected chi connectivity index (χ4v) is 2.21. The first-order chi connectivity index (χ1) is 11.6. The first kappa shape index (κ1) is 19.4. The number of aliphatic carboxylic acids is 1. The van der Waals surface area contributed by atoms with Crippen molar-refractivity contribution in [2.24, 2.45) is 0 Å². The molecular formula is C20H24O4. The number of benzene rings is 2. The van der Waals surface area contributed by atoms with Gasteiger partial charge in [-0.25, -0.2) is 4.79 Å². The molecule has 0 radical (unpaired) electrons. The summed E-state index contributed by atoms with van der Waals surface area (Å²) in [6.07, 6.45) is 0.539. The third-order valence-corrected chi connectivity index (χ3v) is 3.47. The molecule has 0 aliphatic rings. The summed E-state index contributed by atoms with van der Waals surface area (Å²) in [5, 5.41) is 9.13. The third-order valence-electron chi connectivity index (χ3n) is 3.47. The molecule has 0 fully saturated rings. The van der Waals surface area contributed by atoms with E-state index in [0.29, 0.717) is 12.0 Å². The Kier molecular flexibility index (Phi) is 8.26. The molecule has 4 nitrogen and oxygen atoms in total. The van der Waals surface area contributed by atoms with Crippen LogP contribution in [0.3, 0.4) is 0 Å². The van der Waals surface area contributed by atoms with Crippen LogP contribution in [0, 0.1) is 0 Å². The Bertz CT molecular complexity index is 632. The molecular weight excluding hydrogens is 304 g/mol. The van der Waals surface area contributed by atoms with Gasteiger partial charge in [-0.3, -0.25) is 4.79 Å². The number of esters is 1. The largest absolute Gasteiger partial charge is 0.481 e. The lowest BCUT2D eigenvalue weighted by Gasteiger charge is -2.11. The highest BCUT2D eigenvalue weighted by Crippen LogP contribution is 2.20. The van der Waals surface area contributed by atoms with E-state index in [4.69, 9.17) is 9.84 Å². The minimum Gasteiger partial charge on any atom is -0.481 e. The van der Waals surface area contributed by atoms with Crippen LogP contribution in [0.15, 0.2) is 54.6 Å². The van der Waals surface area contributed by atoms with Gasteiger partial charge in [0.25, 0.3) is 0 Å². The molecule has 128 valence electrons. The fourth-order valence-electron chi connectivity index (χ4n) is 2.21. The maximum absolute atomic E-state index is 11.8. The van der Waals surface area contributed by atoms with Gasteiger partial charge in [0.2, 0.25) is 0 Å². The second-order valence-corrected chi connectivity index (χ2v) is 4.98. The summed E-state index contributed by atoms with van der Waals surface area (Å²) in [6, 6.07) is 15.9. The van der Waals surface area contributed by atoms with Gasteiger partial charge >= 0.3 is 11.9 Å². The summed E-state index contributed by atoms with van der Waals surface area (Å²) in [5.74, 6) is -1.70. The van der Waals surface area contributed by atoms with Crippen LogP contribution in [0.4, 0.5) is 0 Å². The molecule has 24 heavy (non-hydrogen) atoms. The molecule has 2 rings (SSSR count). The maximum atomic E-state index is 11.8. The first-order valence-electron chi connectivity index (χ1n) is 8.15. The molecule has 1 N–H and O–H groups in total. The highest BCUT2D eigenvalue weighted by Gasteiger charge is 2.17. The molecule has 2 aromatic rings. The van der Waals surface area contributed by atoms with Crippen molar-refractivity contribution in [3.8, 4) is 0 Å². The van der Waals surface area contributed by atoms with Crippen molar-refractivity contribution in [2.75, 3.05) is 0 Å². The Balaban J connectivity index is 0.00000139. The molecule has 0 saturated heterocycles. The SMILES string of the molecule is CC.CC[C@H](C(=O)O)c1ccc(COC(=O)c2ccccc2)cc1. The maximum Gasteiger partial charge on any atom is 0.338 e. The van der Waals surface area contributed by atoms with E-state index >= 15 is 0 Å². The Morgan fingerprint density at radius 3 is 2.08 bits per heavy atom. The molecule has 0 aliphatic carbocycles. The normalized spacial score (nSPS) is 11.0. The lowest BCUT2D eigenvalue weighted by Crippen LogP contribution is -2.10. The van der Waals surface area contributed by atoms with Crippen LogP contribution in [0.5, 0.6) is 0 Å². The van der Waals surface area contributed by atoms with E-state index in [1.54, 1.807) is 48.5 Å². The van der Waals surface area contributed by atoms with Crippen LogP contribution in [0.2, 0.25) is 0 Å². The van der Waals surface area contributed by atoms with Crippen molar-refractivity contribution in [1.82, 2.24) is 0 Å². The van der Waals surface area contributed by atoms with Crippen molar-refractivity contribution in [3.63, 3.8) is 0 Å². The average Bonchev–Trinajstić information content (AvgIpc) is 2.63. The zero-order valence-corrected chi connectivity index (χ0v) is 14.4. The summed E-state index contributed by atoms with van der Waals surface area (Å²) in [4.78, 5) is 22.9. The van der Waals surface area contributed by atoms with E-state index in [0.717, 1.165) is 11.1 Å². The second kappa shape index (κ2) is 10.2. The molecule has 2 aromatic carbocycles. The topological polar surface area (TPSA) is 63.6 Å². The Labute approximate surface area is 143 Å². The lowest BCUT2D eigenvalue weighted by molar-refractivity contribution is -0.138. The minimum atomic E-state index is -0.828. The summed E-state index contributed by atoms with van der Waals surface area (Å²) in [7, 11) is 0. The minimum absolute atomic E-state index is 0.165. The van der Waals surface area contributed by atoms with Crippen LogP contribution in [0.1, 0.15) is 54.6 Å². The van der Waals surface area contributed by atoms with Gasteiger partial charge in [-0.05, 0) is 29.7 Å². The van der Waals surface area contributed by atoms with Crippen molar-refractivity contribution >= 4 is 11.9 Å². The van der Waals surface area contributed by atoms with E-state index in [9.17, 15) is 9.59 Å². The molecule has 0 amide bonds. The lowest BCUT2D eigenvalue weighted by atomic mass is 9.96. The van der Waals surface area contributed by atoms with Crippen LogP contribution in [0.25, 0.3) is 0 Å². The zero-order chi connectivity index (χ0) is 17.9. The number of hydrogen-bond donors (Lipinski definition) is 1. The summed E-state index contributed by atoms with van der Waals surface area (Å²) >= 11 is 0. The van der Waals surface area contributed by atoms with Gasteiger partial charge in [0, 0.05) is 0 Å². The summed E-state index contributed by atoms with van der Waals surface area (Å²) in [6.45, 7) is 6.01. The average molecular weight is 328 g/mol. The van der Waals surface area contributed by atoms with E-state index in [-0.39, 0.29) is 12.6 Å². The van der Waals surface area contributed by atoms with Crippen LogP contribution < -0.4 is 0 Å². The number of carbonyl (C=O) groups excluding carboxylic acids is 1. The van der Waals surface area contributed by atoms with Gasteiger partial charge in [-0.15, -0.1) is 0 Å². The highest BCUT2D eigenvalue weighted by atomic mass is 16.5. The van der Waals surface area contributed by atoms with Crippen LogP contribution in [-0.4, -0.2) is 17.0 Å². The van der Waals surface area contributed by atoms with Crippen LogP contribution >= 0.6 is 0 Å². The van der Waals surface area contributed by atoms with Crippen molar-refractivity contribution < 1.29 is 19.4 Å². The van der Waals surface area contributed by atoms with Crippen LogP contribution in [-0.2, 0) is 16.1 Å².